The molecule has 0 saturated heterocycles. The Morgan fingerprint density at radius 3 is 2.40 bits per heavy atom. The number of hydrogen-bond donors (Lipinski definition) is 2. The number of carbonyl (C=O) groups is 2. The van der Waals surface area contributed by atoms with Crippen LogP contribution in [0.1, 0.15) is 23.1 Å². The van der Waals surface area contributed by atoms with Gasteiger partial charge in [-0.15, -0.1) is 10.2 Å². The zero-order valence-corrected chi connectivity index (χ0v) is 22.1. The second kappa shape index (κ2) is 12.3. The standard InChI is InChI=1S/C22H22Cl3N5O4S/c1-4-30-19(10-26-21(32)12-5-6-17(33-2)18(7-12)34-3)28-29-22(30)35-11-20(31)27-16-9-14(24)13(23)8-15(16)25/h5-9H,4,10-11H2,1-3H3,(H,26,32)(H,27,31). The van der Waals surface area contributed by atoms with Crippen molar-refractivity contribution in [2.75, 3.05) is 25.3 Å². The Kier molecular flexibility index (Phi) is 9.50. The van der Waals surface area contributed by atoms with E-state index < -0.39 is 0 Å². The molecule has 0 fully saturated rings. The van der Waals surface area contributed by atoms with E-state index in [1.807, 2.05) is 11.5 Å². The SMILES string of the molecule is CCn1c(CNC(=O)c2ccc(OC)c(OC)c2)nnc1SCC(=O)Nc1cc(Cl)c(Cl)cc1Cl. The summed E-state index contributed by atoms with van der Waals surface area (Å²) >= 11 is 19.2. The molecule has 0 unspecified atom stereocenters. The van der Waals surface area contributed by atoms with Crippen LogP contribution in [0.3, 0.4) is 0 Å². The number of hydrogen-bond acceptors (Lipinski definition) is 7. The molecule has 3 rings (SSSR count). The summed E-state index contributed by atoms with van der Waals surface area (Å²) in [6.07, 6.45) is 0. The number of methoxy groups -OCH3 is 2. The second-order valence-electron chi connectivity index (χ2n) is 6.98. The maximum Gasteiger partial charge on any atom is 0.251 e. The molecule has 3 aromatic rings. The van der Waals surface area contributed by atoms with E-state index in [0.717, 1.165) is 0 Å². The number of nitrogens with one attached hydrogen (secondary N) is 2. The van der Waals surface area contributed by atoms with Gasteiger partial charge in [-0.25, -0.2) is 0 Å². The third-order valence-electron chi connectivity index (χ3n) is 4.78. The highest BCUT2D eigenvalue weighted by molar-refractivity contribution is 7.99. The van der Waals surface area contributed by atoms with Gasteiger partial charge in [0.25, 0.3) is 5.91 Å². The minimum absolute atomic E-state index is 0.0622. The summed E-state index contributed by atoms with van der Waals surface area (Å²) in [4.78, 5) is 25.0. The van der Waals surface area contributed by atoms with Gasteiger partial charge in [-0.2, -0.15) is 0 Å². The highest BCUT2D eigenvalue weighted by Gasteiger charge is 2.16. The molecule has 0 aliphatic rings. The number of ether oxygens (including phenoxy) is 2. The third-order valence-corrected chi connectivity index (χ3v) is 6.78. The van der Waals surface area contributed by atoms with Gasteiger partial charge in [-0.05, 0) is 37.3 Å². The summed E-state index contributed by atoms with van der Waals surface area (Å²) in [5.74, 6) is 0.995. The molecule has 35 heavy (non-hydrogen) atoms. The average Bonchev–Trinajstić information content (AvgIpc) is 3.25. The lowest BCUT2D eigenvalue weighted by molar-refractivity contribution is -0.113. The Hall–Kier alpha value is -2.66. The van der Waals surface area contributed by atoms with Gasteiger partial charge in [0.1, 0.15) is 0 Å². The topological polar surface area (TPSA) is 107 Å². The molecule has 0 radical (unpaired) electrons. The minimum atomic E-state index is -0.302. The predicted octanol–water partition coefficient (Wildman–Crippen LogP) is 4.94. The number of anilines is 1. The number of amides is 2. The van der Waals surface area contributed by atoms with Crippen molar-refractivity contribution in [3.8, 4) is 11.5 Å². The molecular formula is C22H22Cl3N5O4S. The molecule has 0 aliphatic heterocycles. The van der Waals surface area contributed by atoms with Crippen molar-refractivity contribution in [3.63, 3.8) is 0 Å². The van der Waals surface area contributed by atoms with Crippen molar-refractivity contribution in [2.45, 2.75) is 25.2 Å². The van der Waals surface area contributed by atoms with Gasteiger partial charge in [-0.3, -0.25) is 9.59 Å². The van der Waals surface area contributed by atoms with Gasteiger partial charge < -0.3 is 24.7 Å². The van der Waals surface area contributed by atoms with Crippen LogP contribution in [0.5, 0.6) is 11.5 Å². The van der Waals surface area contributed by atoms with E-state index in [9.17, 15) is 9.59 Å². The van der Waals surface area contributed by atoms with Crippen LogP contribution < -0.4 is 20.1 Å². The lowest BCUT2D eigenvalue weighted by Gasteiger charge is -2.11. The van der Waals surface area contributed by atoms with Crippen LogP contribution in [0.15, 0.2) is 35.5 Å². The molecule has 1 aromatic heterocycles. The first-order valence-corrected chi connectivity index (χ1v) is 12.4. The van der Waals surface area contributed by atoms with Crippen LogP contribution in [-0.2, 0) is 17.9 Å². The Balaban J connectivity index is 1.60. The van der Waals surface area contributed by atoms with Crippen molar-refractivity contribution >= 4 is 64.1 Å². The summed E-state index contributed by atoms with van der Waals surface area (Å²) in [7, 11) is 3.03. The van der Waals surface area contributed by atoms with Gasteiger partial charge in [0.15, 0.2) is 22.5 Å². The fraction of sp³-hybridized carbons (Fsp3) is 0.273. The summed E-state index contributed by atoms with van der Waals surface area (Å²) < 4.78 is 12.3. The second-order valence-corrected chi connectivity index (χ2v) is 9.14. The molecular weight excluding hydrogens is 537 g/mol. The molecule has 2 N–H and O–H groups in total. The lowest BCUT2D eigenvalue weighted by atomic mass is 10.2. The smallest absolute Gasteiger partial charge is 0.251 e. The van der Waals surface area contributed by atoms with Crippen LogP contribution in [0.4, 0.5) is 5.69 Å². The summed E-state index contributed by atoms with van der Waals surface area (Å²) in [6.45, 7) is 2.62. The fourth-order valence-corrected chi connectivity index (χ4v) is 4.46. The molecule has 0 aliphatic carbocycles. The number of carbonyl (C=O) groups excluding carboxylic acids is 2. The molecule has 186 valence electrons. The van der Waals surface area contributed by atoms with E-state index in [-0.39, 0.29) is 34.2 Å². The Bertz CT molecular complexity index is 1240. The van der Waals surface area contributed by atoms with E-state index in [4.69, 9.17) is 44.3 Å². The summed E-state index contributed by atoms with van der Waals surface area (Å²) in [6, 6.07) is 7.85. The van der Waals surface area contributed by atoms with E-state index in [1.54, 1.807) is 18.2 Å². The van der Waals surface area contributed by atoms with Gasteiger partial charge in [0.05, 0.1) is 47.3 Å². The maximum atomic E-state index is 12.6. The number of benzene rings is 2. The molecule has 0 saturated carbocycles. The maximum absolute atomic E-state index is 12.6. The number of halogens is 3. The molecule has 0 bridgehead atoms. The first-order chi connectivity index (χ1) is 16.8. The normalized spacial score (nSPS) is 10.7. The Morgan fingerprint density at radius 2 is 1.71 bits per heavy atom. The fourth-order valence-electron chi connectivity index (χ4n) is 3.05. The van der Waals surface area contributed by atoms with E-state index in [1.165, 1.54) is 38.1 Å². The van der Waals surface area contributed by atoms with Crippen molar-refractivity contribution < 1.29 is 19.1 Å². The van der Waals surface area contributed by atoms with Gasteiger partial charge in [0, 0.05) is 12.1 Å². The molecule has 0 atom stereocenters. The molecule has 13 heteroatoms. The van der Waals surface area contributed by atoms with Crippen LogP contribution in [0, 0.1) is 0 Å². The first-order valence-electron chi connectivity index (χ1n) is 10.3. The van der Waals surface area contributed by atoms with Crippen molar-refractivity contribution in [2.24, 2.45) is 0 Å². The summed E-state index contributed by atoms with van der Waals surface area (Å²) in [5, 5.41) is 15.2. The number of thioether (sulfide) groups is 1. The largest absolute Gasteiger partial charge is 0.493 e. The minimum Gasteiger partial charge on any atom is -0.493 e. The monoisotopic (exact) mass is 557 g/mol. The first kappa shape index (κ1) is 26.9. The number of nitrogens with zero attached hydrogens (tertiary/aromatic N) is 3. The van der Waals surface area contributed by atoms with E-state index in [0.29, 0.717) is 45.3 Å². The van der Waals surface area contributed by atoms with Crippen molar-refractivity contribution in [1.82, 2.24) is 20.1 Å². The van der Waals surface area contributed by atoms with Crippen LogP contribution in [0.25, 0.3) is 0 Å². The zero-order chi connectivity index (χ0) is 25.5. The predicted molar refractivity (Wildman–Crippen MR) is 137 cm³/mol. The molecule has 0 spiro atoms. The highest BCUT2D eigenvalue weighted by atomic mass is 35.5. The molecule has 9 nitrogen and oxygen atoms in total. The lowest BCUT2D eigenvalue weighted by Crippen LogP contribution is -2.25. The molecule has 1 heterocycles. The van der Waals surface area contributed by atoms with Crippen LogP contribution in [-0.4, -0.2) is 46.6 Å². The van der Waals surface area contributed by atoms with Gasteiger partial charge in [-0.1, -0.05) is 46.6 Å². The quantitative estimate of drug-likeness (QED) is 0.268. The Morgan fingerprint density at radius 1 is 1.00 bits per heavy atom. The third kappa shape index (κ3) is 6.72. The van der Waals surface area contributed by atoms with Gasteiger partial charge >= 0.3 is 0 Å². The van der Waals surface area contributed by atoms with Gasteiger partial charge in [0.2, 0.25) is 5.91 Å². The zero-order valence-electron chi connectivity index (χ0n) is 19.0. The van der Waals surface area contributed by atoms with Crippen LogP contribution in [0.2, 0.25) is 15.1 Å². The average molecular weight is 559 g/mol. The van der Waals surface area contributed by atoms with Crippen molar-refractivity contribution in [1.29, 1.82) is 0 Å². The Labute approximate surface area is 221 Å². The van der Waals surface area contributed by atoms with E-state index >= 15 is 0 Å². The summed E-state index contributed by atoms with van der Waals surface area (Å²) in [5.41, 5.74) is 0.777. The number of rotatable bonds is 10. The molecule has 2 amide bonds. The highest BCUT2D eigenvalue weighted by Crippen LogP contribution is 2.32. The van der Waals surface area contributed by atoms with Crippen molar-refractivity contribution in [3.05, 3.63) is 56.8 Å². The van der Waals surface area contributed by atoms with Crippen LogP contribution >= 0.6 is 46.6 Å². The molecule has 2 aromatic carbocycles. The van der Waals surface area contributed by atoms with E-state index in [2.05, 4.69) is 20.8 Å². The number of aromatic nitrogens is 3.